The van der Waals surface area contributed by atoms with Crippen molar-refractivity contribution in [2.45, 2.75) is 32.7 Å². The fourth-order valence-electron chi connectivity index (χ4n) is 6.30. The molecule has 10 heteroatoms. The monoisotopic (exact) mass is 511 g/mol. The molecule has 3 N–H and O–H groups in total. The van der Waals surface area contributed by atoms with Crippen LogP contribution in [0.25, 0.3) is 5.76 Å². The molecule has 3 aliphatic rings. The first-order chi connectivity index (χ1) is 17.3. The number of nitrogens with zero attached hydrogens (tertiary/aromatic N) is 2. The Kier molecular flexibility index (Phi) is 6.44. The molecule has 1 aromatic rings. The SMILES string of the molecule is COc1ccc(N(C)C)c2c1C(O)=C1C(=O)[C@]3(C)C(O)=C(C(=O)NC(C)=O)C(=O)[C@@H](N(C)C)[C@@H]3C[C@@H]1C2. The van der Waals surface area contributed by atoms with Crippen molar-refractivity contribution < 1.29 is 34.1 Å². The number of nitrogens with one attached hydrogen (secondary N) is 1. The van der Waals surface area contributed by atoms with Gasteiger partial charge in [0, 0.05) is 38.2 Å². The van der Waals surface area contributed by atoms with Gasteiger partial charge in [-0.2, -0.15) is 0 Å². The number of rotatable bonds is 4. The molecule has 0 heterocycles. The number of ether oxygens (including phenoxy) is 1. The van der Waals surface area contributed by atoms with E-state index in [4.69, 9.17) is 4.74 Å². The van der Waals surface area contributed by atoms with Crippen LogP contribution in [0, 0.1) is 17.3 Å². The number of anilines is 1. The molecule has 0 aromatic heterocycles. The highest BCUT2D eigenvalue weighted by Crippen LogP contribution is 2.57. The predicted octanol–water partition coefficient (Wildman–Crippen LogP) is 1.79. The molecule has 1 fully saturated rings. The average molecular weight is 512 g/mol. The van der Waals surface area contributed by atoms with E-state index in [0.717, 1.165) is 18.2 Å². The summed E-state index contributed by atoms with van der Waals surface area (Å²) in [4.78, 5) is 55.7. The zero-order valence-electron chi connectivity index (χ0n) is 22.1. The summed E-state index contributed by atoms with van der Waals surface area (Å²) in [7, 11) is 8.60. The topological polar surface area (TPSA) is 136 Å². The number of benzene rings is 1. The second-order valence-electron chi connectivity index (χ2n) is 10.6. The van der Waals surface area contributed by atoms with Crippen molar-refractivity contribution >= 4 is 34.8 Å². The maximum absolute atomic E-state index is 14.2. The average Bonchev–Trinajstić information content (AvgIpc) is 2.80. The lowest BCUT2D eigenvalue weighted by Gasteiger charge is -2.51. The molecule has 2 amide bonds. The minimum atomic E-state index is -1.67. The van der Waals surface area contributed by atoms with E-state index >= 15 is 0 Å². The van der Waals surface area contributed by atoms with Crippen molar-refractivity contribution in [3.8, 4) is 5.75 Å². The summed E-state index contributed by atoms with van der Waals surface area (Å²) in [6.45, 7) is 2.61. The van der Waals surface area contributed by atoms with E-state index in [0.29, 0.717) is 24.2 Å². The van der Waals surface area contributed by atoms with Crippen LogP contribution in [0.5, 0.6) is 5.75 Å². The Hall–Kier alpha value is -3.66. The fourth-order valence-corrected chi connectivity index (χ4v) is 6.30. The smallest absolute Gasteiger partial charge is 0.264 e. The van der Waals surface area contributed by atoms with E-state index in [2.05, 4.69) is 0 Å². The van der Waals surface area contributed by atoms with Crippen molar-refractivity contribution in [3.63, 3.8) is 0 Å². The number of fused-ring (bicyclic) bond motifs is 3. The van der Waals surface area contributed by atoms with Gasteiger partial charge in [-0.15, -0.1) is 0 Å². The first kappa shape index (κ1) is 26.4. The Morgan fingerprint density at radius 2 is 1.78 bits per heavy atom. The molecule has 0 aliphatic heterocycles. The van der Waals surface area contributed by atoms with Crippen LogP contribution in [0.15, 0.2) is 29.0 Å². The molecule has 10 nitrogen and oxygen atoms in total. The Morgan fingerprint density at radius 1 is 1.14 bits per heavy atom. The number of hydrogen-bond donors (Lipinski definition) is 3. The van der Waals surface area contributed by atoms with E-state index in [1.807, 2.05) is 30.4 Å². The van der Waals surface area contributed by atoms with E-state index in [-0.39, 0.29) is 11.3 Å². The van der Waals surface area contributed by atoms with E-state index in [1.54, 1.807) is 25.1 Å². The summed E-state index contributed by atoms with van der Waals surface area (Å²) in [6, 6.07) is 2.72. The number of ketones is 2. The molecule has 3 aliphatic carbocycles. The summed E-state index contributed by atoms with van der Waals surface area (Å²) in [5, 5.41) is 24.9. The number of allylic oxidation sites excluding steroid dienone is 2. The van der Waals surface area contributed by atoms with Gasteiger partial charge in [0.1, 0.15) is 22.8 Å². The lowest BCUT2D eigenvalue weighted by Crippen LogP contribution is -2.61. The fraction of sp³-hybridized carbons (Fsp3) is 0.481. The number of hydrogen-bond acceptors (Lipinski definition) is 9. The van der Waals surface area contributed by atoms with Crippen LogP contribution in [0.4, 0.5) is 5.69 Å². The Bertz CT molecular complexity index is 1290. The molecule has 4 rings (SSSR count). The van der Waals surface area contributed by atoms with Crippen LogP contribution >= 0.6 is 0 Å². The zero-order chi connectivity index (χ0) is 27.6. The van der Waals surface area contributed by atoms with Gasteiger partial charge in [-0.05, 0) is 57.5 Å². The third kappa shape index (κ3) is 3.73. The lowest BCUT2D eigenvalue weighted by atomic mass is 9.53. The molecule has 0 bridgehead atoms. The van der Waals surface area contributed by atoms with Crippen LogP contribution in [-0.4, -0.2) is 79.8 Å². The maximum atomic E-state index is 14.2. The normalized spacial score (nSPS) is 27.0. The number of amides is 2. The number of aliphatic hydroxyl groups excluding tert-OH is 2. The molecule has 1 aromatic carbocycles. The first-order valence-corrected chi connectivity index (χ1v) is 12.1. The number of imide groups is 1. The third-order valence-electron chi connectivity index (χ3n) is 8.00. The summed E-state index contributed by atoms with van der Waals surface area (Å²) < 4.78 is 5.51. The molecule has 198 valence electrons. The molecular formula is C27H33N3O7. The second-order valence-corrected chi connectivity index (χ2v) is 10.6. The van der Waals surface area contributed by atoms with Crippen molar-refractivity contribution in [2.24, 2.45) is 17.3 Å². The van der Waals surface area contributed by atoms with Crippen molar-refractivity contribution in [1.29, 1.82) is 0 Å². The number of Topliss-reactive ketones (excluding diaryl/α,β-unsaturated/α-hetero) is 2. The largest absolute Gasteiger partial charge is 0.510 e. The highest BCUT2D eigenvalue weighted by atomic mass is 16.5. The summed E-state index contributed by atoms with van der Waals surface area (Å²) in [5.74, 6) is -4.54. The molecule has 1 saturated carbocycles. The van der Waals surface area contributed by atoms with Gasteiger partial charge in [-0.1, -0.05) is 0 Å². The minimum Gasteiger partial charge on any atom is -0.510 e. The van der Waals surface area contributed by atoms with Gasteiger partial charge in [0.25, 0.3) is 5.91 Å². The number of carbonyl (C=O) groups excluding carboxylic acids is 4. The molecule has 0 unspecified atom stereocenters. The zero-order valence-corrected chi connectivity index (χ0v) is 22.1. The summed E-state index contributed by atoms with van der Waals surface area (Å²) in [6.07, 6.45) is 0.736. The molecule has 0 saturated heterocycles. The van der Waals surface area contributed by atoms with Crippen molar-refractivity contribution in [3.05, 3.63) is 40.2 Å². The summed E-state index contributed by atoms with van der Waals surface area (Å²) in [5.41, 5.74) is -0.0117. The minimum absolute atomic E-state index is 0.144. The second kappa shape index (κ2) is 9.02. The number of carbonyl (C=O) groups is 4. The van der Waals surface area contributed by atoms with Crippen LogP contribution in [-0.2, 0) is 25.6 Å². The van der Waals surface area contributed by atoms with Gasteiger partial charge >= 0.3 is 0 Å². The first-order valence-electron chi connectivity index (χ1n) is 12.1. The maximum Gasteiger partial charge on any atom is 0.264 e. The molecule has 0 spiro atoms. The van der Waals surface area contributed by atoms with Gasteiger partial charge < -0.3 is 19.8 Å². The number of aliphatic hydroxyl groups is 2. The van der Waals surface area contributed by atoms with Crippen LogP contribution in [0.3, 0.4) is 0 Å². The molecule has 0 radical (unpaired) electrons. The molecular weight excluding hydrogens is 478 g/mol. The van der Waals surface area contributed by atoms with Crippen LogP contribution in [0.2, 0.25) is 0 Å². The van der Waals surface area contributed by atoms with Crippen LogP contribution in [0.1, 0.15) is 31.4 Å². The lowest BCUT2D eigenvalue weighted by molar-refractivity contribution is -0.139. The van der Waals surface area contributed by atoms with E-state index in [9.17, 15) is 29.4 Å². The third-order valence-corrected chi connectivity index (χ3v) is 8.00. The number of likely N-dealkylation sites (N-methyl/N-ethyl adjacent to an activating group) is 1. The van der Waals surface area contributed by atoms with E-state index in [1.165, 1.54) is 14.0 Å². The molecule has 37 heavy (non-hydrogen) atoms. The standard InChI is InChI=1S/C27H33N3O7/c1-12(31)28-26(36)20-23(33)21(30(5)6)15-11-13-10-14-16(29(3)4)8-9-17(37-7)19(14)22(32)18(13)24(34)27(15,2)25(20)35/h8-9,13,15,21,32,35H,10-11H2,1-7H3,(H,28,31,36)/t13-,15-,21-,27+/m0/s1. The van der Waals surface area contributed by atoms with Crippen molar-refractivity contribution in [1.82, 2.24) is 10.2 Å². The highest BCUT2D eigenvalue weighted by molar-refractivity contribution is 6.26. The Balaban J connectivity index is 1.98. The van der Waals surface area contributed by atoms with Gasteiger partial charge in [-0.3, -0.25) is 29.4 Å². The Morgan fingerprint density at radius 3 is 2.32 bits per heavy atom. The van der Waals surface area contributed by atoms with Gasteiger partial charge in [0.15, 0.2) is 11.6 Å². The predicted molar refractivity (Wildman–Crippen MR) is 136 cm³/mol. The quantitative estimate of drug-likeness (QED) is 0.517. The van der Waals surface area contributed by atoms with Crippen LogP contribution < -0.4 is 15.0 Å². The number of methoxy groups -OCH3 is 1. The Labute approximate surface area is 215 Å². The molecule has 4 atom stereocenters. The van der Waals surface area contributed by atoms with Gasteiger partial charge in [0.2, 0.25) is 5.91 Å². The van der Waals surface area contributed by atoms with Crippen molar-refractivity contribution in [2.75, 3.05) is 40.2 Å². The summed E-state index contributed by atoms with van der Waals surface area (Å²) >= 11 is 0. The highest BCUT2D eigenvalue weighted by Gasteiger charge is 2.62. The van der Waals surface area contributed by atoms with Gasteiger partial charge in [-0.25, -0.2) is 0 Å². The van der Waals surface area contributed by atoms with Gasteiger partial charge in [0.05, 0.1) is 24.1 Å². The van der Waals surface area contributed by atoms with E-state index < -0.39 is 58.0 Å².